The molecule has 26 heavy (non-hydrogen) atoms. The van der Waals surface area contributed by atoms with Crippen LogP contribution in [0.15, 0.2) is 0 Å². The lowest BCUT2D eigenvalue weighted by Crippen LogP contribution is -2.58. The molecule has 0 aromatic rings. The van der Waals surface area contributed by atoms with Crippen molar-refractivity contribution < 1.29 is 23.9 Å². The second-order valence-corrected chi connectivity index (χ2v) is 9.30. The highest BCUT2D eigenvalue weighted by Crippen LogP contribution is 2.35. The number of aldehydes is 1. The summed E-state index contributed by atoms with van der Waals surface area (Å²) in [6.45, 7) is 12.4. The number of imide groups is 1. The maximum atomic E-state index is 12.6. The van der Waals surface area contributed by atoms with Crippen LogP contribution in [0.5, 0.6) is 0 Å². The third kappa shape index (κ3) is 5.43. The first-order valence-corrected chi connectivity index (χ1v) is 9.32. The predicted octanol–water partition coefficient (Wildman–Crippen LogP) is 3.07. The number of piperidine rings is 3. The number of nitrogens with zero attached hydrogens (tertiary/aromatic N) is 2. The molecule has 3 heterocycles. The topological polar surface area (TPSA) is 76.2 Å². The summed E-state index contributed by atoms with van der Waals surface area (Å²) in [6, 6.07) is 0.0324. The van der Waals surface area contributed by atoms with Gasteiger partial charge >= 0.3 is 12.2 Å². The molecule has 2 amide bonds. The van der Waals surface area contributed by atoms with Gasteiger partial charge in [-0.3, -0.25) is 4.90 Å². The van der Waals surface area contributed by atoms with Gasteiger partial charge in [0.25, 0.3) is 0 Å². The molecule has 0 radical (unpaired) electrons. The maximum Gasteiger partial charge on any atom is 0.419 e. The highest BCUT2D eigenvalue weighted by atomic mass is 16.6. The number of fused-ring (bicyclic) bond motifs is 3. The van der Waals surface area contributed by atoms with E-state index in [0.29, 0.717) is 12.5 Å². The summed E-state index contributed by atoms with van der Waals surface area (Å²) in [5.41, 5.74) is -1.41. The Hall–Kier alpha value is -1.63. The monoisotopic (exact) mass is 368 g/mol. The summed E-state index contributed by atoms with van der Waals surface area (Å²) in [5, 5.41) is 0. The van der Waals surface area contributed by atoms with E-state index in [0.717, 1.165) is 30.6 Å². The molecular weight excluding hydrogens is 336 g/mol. The second kappa shape index (κ2) is 7.55. The Morgan fingerprint density at radius 2 is 1.62 bits per heavy atom. The van der Waals surface area contributed by atoms with Gasteiger partial charge in [-0.25, -0.2) is 14.5 Å². The Bertz CT molecular complexity index is 521. The van der Waals surface area contributed by atoms with Crippen LogP contribution in [-0.2, 0) is 14.3 Å². The fourth-order valence-corrected chi connectivity index (χ4v) is 3.59. The van der Waals surface area contributed by atoms with Crippen molar-refractivity contribution in [2.24, 2.45) is 11.8 Å². The summed E-state index contributed by atoms with van der Waals surface area (Å²) < 4.78 is 10.8. The van der Waals surface area contributed by atoms with Crippen molar-refractivity contribution in [2.75, 3.05) is 19.6 Å². The van der Waals surface area contributed by atoms with Crippen LogP contribution in [0.2, 0.25) is 0 Å². The number of carbonyl (C=O) groups is 3. The van der Waals surface area contributed by atoms with Crippen LogP contribution in [0, 0.1) is 11.8 Å². The molecule has 3 rings (SSSR count). The number of hydrogen-bond donors (Lipinski definition) is 0. The Labute approximate surface area is 156 Å². The average Bonchev–Trinajstić information content (AvgIpc) is 2.49. The Morgan fingerprint density at radius 3 is 2.00 bits per heavy atom. The van der Waals surface area contributed by atoms with Crippen molar-refractivity contribution in [3.8, 4) is 0 Å². The maximum absolute atomic E-state index is 12.6. The molecule has 3 saturated heterocycles. The lowest BCUT2D eigenvalue weighted by atomic mass is 9.76. The normalized spacial score (nSPS) is 28.4. The quantitative estimate of drug-likeness (QED) is 0.713. The van der Waals surface area contributed by atoms with Gasteiger partial charge in [0.2, 0.25) is 0 Å². The first-order chi connectivity index (χ1) is 11.9. The molecule has 4 atom stereocenters. The molecule has 0 aromatic carbocycles. The van der Waals surface area contributed by atoms with E-state index in [1.165, 1.54) is 0 Å². The second-order valence-electron chi connectivity index (χ2n) is 9.30. The number of ether oxygens (including phenoxy) is 2. The third-order valence-corrected chi connectivity index (χ3v) is 4.73. The van der Waals surface area contributed by atoms with E-state index in [4.69, 9.17) is 9.47 Å². The van der Waals surface area contributed by atoms with Gasteiger partial charge < -0.3 is 14.3 Å². The van der Waals surface area contributed by atoms with E-state index in [1.807, 2.05) is 0 Å². The van der Waals surface area contributed by atoms with Crippen molar-refractivity contribution >= 4 is 18.5 Å². The van der Waals surface area contributed by atoms with E-state index in [-0.39, 0.29) is 18.5 Å². The van der Waals surface area contributed by atoms with Crippen molar-refractivity contribution in [2.45, 2.75) is 71.6 Å². The molecule has 7 heteroatoms. The van der Waals surface area contributed by atoms with Crippen LogP contribution in [-0.4, -0.2) is 65.2 Å². The van der Waals surface area contributed by atoms with Crippen LogP contribution < -0.4 is 0 Å². The minimum absolute atomic E-state index is 0.0324. The van der Waals surface area contributed by atoms with Gasteiger partial charge in [-0.1, -0.05) is 0 Å². The molecule has 3 aliphatic rings. The first kappa shape index (κ1) is 20.7. The Kier molecular flexibility index (Phi) is 6.00. The van der Waals surface area contributed by atoms with Gasteiger partial charge in [0.15, 0.2) is 0 Å². The summed E-state index contributed by atoms with van der Waals surface area (Å²) in [7, 11) is 0. The highest BCUT2D eigenvalue weighted by Gasteiger charge is 2.42. The van der Waals surface area contributed by atoms with Crippen molar-refractivity contribution in [1.29, 1.82) is 0 Å². The van der Waals surface area contributed by atoms with Crippen LogP contribution in [0.1, 0.15) is 54.4 Å². The minimum Gasteiger partial charge on any atom is -0.443 e. The van der Waals surface area contributed by atoms with Gasteiger partial charge in [0, 0.05) is 18.5 Å². The molecule has 0 saturated carbocycles. The van der Waals surface area contributed by atoms with E-state index < -0.39 is 23.4 Å². The number of carbonyl (C=O) groups excluding carboxylic acids is 3. The molecular formula is C19H32N2O5. The van der Waals surface area contributed by atoms with Gasteiger partial charge in [-0.15, -0.1) is 0 Å². The van der Waals surface area contributed by atoms with Crippen LogP contribution in [0.4, 0.5) is 9.59 Å². The van der Waals surface area contributed by atoms with Crippen LogP contribution in [0.3, 0.4) is 0 Å². The van der Waals surface area contributed by atoms with Crippen LogP contribution in [0.25, 0.3) is 0 Å². The van der Waals surface area contributed by atoms with Crippen molar-refractivity contribution in [1.82, 2.24) is 9.80 Å². The molecule has 0 spiro atoms. The largest absolute Gasteiger partial charge is 0.443 e. The van der Waals surface area contributed by atoms with Crippen molar-refractivity contribution in [3.63, 3.8) is 0 Å². The minimum atomic E-state index is -0.703. The van der Waals surface area contributed by atoms with Crippen LogP contribution >= 0.6 is 0 Å². The van der Waals surface area contributed by atoms with E-state index in [9.17, 15) is 14.4 Å². The van der Waals surface area contributed by atoms with Gasteiger partial charge in [0.1, 0.15) is 17.5 Å². The predicted molar refractivity (Wildman–Crippen MR) is 96.8 cm³/mol. The summed E-state index contributed by atoms with van der Waals surface area (Å²) >= 11 is 0. The summed E-state index contributed by atoms with van der Waals surface area (Å²) in [5.74, 6) is 0.373. The fraction of sp³-hybridized carbons (Fsp3) is 0.842. The van der Waals surface area contributed by atoms with Gasteiger partial charge in [-0.05, 0) is 66.8 Å². The zero-order valence-corrected chi connectivity index (χ0v) is 16.8. The molecule has 2 bridgehead atoms. The molecule has 1 unspecified atom stereocenters. The molecule has 3 aliphatic heterocycles. The Balaban J connectivity index is 2.12. The molecule has 7 nitrogen and oxygen atoms in total. The summed E-state index contributed by atoms with van der Waals surface area (Å²) in [6.07, 6.45) is 1.43. The fourth-order valence-electron chi connectivity index (χ4n) is 3.59. The van der Waals surface area contributed by atoms with E-state index >= 15 is 0 Å². The number of amides is 2. The van der Waals surface area contributed by atoms with E-state index in [2.05, 4.69) is 4.90 Å². The lowest BCUT2D eigenvalue weighted by Gasteiger charge is -2.49. The smallest absolute Gasteiger partial charge is 0.419 e. The van der Waals surface area contributed by atoms with E-state index in [1.54, 1.807) is 41.5 Å². The molecule has 0 aromatic heterocycles. The standard InChI is InChI=1S/C19H32N2O5/c1-18(2,3)25-16(23)21(17(24)26-19(4,5)6)11-15-9-13-7-8-20(15)10-14(13)12-22/h12-15H,7-11H2,1-6H3/t13-,14+,15+/m0/s1. The van der Waals surface area contributed by atoms with Gasteiger partial charge in [0.05, 0.1) is 6.54 Å². The van der Waals surface area contributed by atoms with Gasteiger partial charge in [-0.2, -0.15) is 0 Å². The molecule has 3 fully saturated rings. The molecule has 148 valence electrons. The SMILES string of the molecule is CC(C)(C)OC(=O)N(C[C@H]1C[C@@H]2CCN1C[C@@H]2C=O)C(=O)OC(C)(C)C. The number of hydrogen-bond acceptors (Lipinski definition) is 6. The zero-order chi connectivity index (χ0) is 19.7. The zero-order valence-electron chi connectivity index (χ0n) is 16.8. The summed E-state index contributed by atoms with van der Waals surface area (Å²) in [4.78, 5) is 39.7. The third-order valence-electron chi connectivity index (χ3n) is 4.73. The number of rotatable bonds is 3. The molecule has 0 aliphatic carbocycles. The highest BCUT2D eigenvalue weighted by molar-refractivity contribution is 5.88. The molecule has 0 N–H and O–H groups in total. The average molecular weight is 368 g/mol. The first-order valence-electron chi connectivity index (χ1n) is 9.32. The lowest BCUT2D eigenvalue weighted by molar-refractivity contribution is -0.118. The van der Waals surface area contributed by atoms with Crippen molar-refractivity contribution in [3.05, 3.63) is 0 Å². The Morgan fingerprint density at radius 1 is 1.08 bits per heavy atom.